The molecule has 1 unspecified atom stereocenters. The minimum atomic E-state index is -2.62. The molecule has 6 heteroatoms. The van der Waals surface area contributed by atoms with E-state index in [2.05, 4.69) is 6.58 Å². The van der Waals surface area contributed by atoms with Crippen molar-refractivity contribution in [3.05, 3.63) is 12.7 Å². The van der Waals surface area contributed by atoms with Gasteiger partial charge >= 0.3 is 6.09 Å². The number of hydrogen-bond donors (Lipinski definition) is 1. The summed E-state index contributed by atoms with van der Waals surface area (Å²) in [6, 6.07) is -0.570. The first kappa shape index (κ1) is 15.6. The number of ether oxygens (including phenoxy) is 1. The number of halogens is 1. The van der Waals surface area contributed by atoms with Gasteiger partial charge in [-0.1, -0.05) is 26.8 Å². The van der Waals surface area contributed by atoms with Crippen LogP contribution in [0, 0.1) is 5.41 Å². The van der Waals surface area contributed by atoms with E-state index in [4.69, 9.17) is 4.74 Å². The number of imide groups is 1. The first-order valence-electron chi connectivity index (χ1n) is 6.03. The summed E-state index contributed by atoms with van der Waals surface area (Å²) in [5.74, 6) is -1.11. The Morgan fingerprint density at radius 1 is 1.58 bits per heavy atom. The molecular weight excluding hydrogens is 253 g/mol. The van der Waals surface area contributed by atoms with Gasteiger partial charge in [0.15, 0.2) is 0 Å². The fourth-order valence-electron chi connectivity index (χ4n) is 1.87. The molecule has 1 saturated heterocycles. The van der Waals surface area contributed by atoms with Crippen molar-refractivity contribution < 1.29 is 23.8 Å². The number of carbonyl (C=O) groups excluding carboxylic acids is 2. The Bertz CT molecular complexity index is 400. The summed E-state index contributed by atoms with van der Waals surface area (Å²) in [5.41, 5.74) is -3.06. The van der Waals surface area contributed by atoms with Gasteiger partial charge in [0, 0.05) is 0 Å². The van der Waals surface area contributed by atoms with Crippen molar-refractivity contribution in [1.29, 1.82) is 0 Å². The van der Waals surface area contributed by atoms with Crippen LogP contribution in [0.1, 0.15) is 27.7 Å². The van der Waals surface area contributed by atoms with E-state index in [0.717, 1.165) is 17.9 Å². The number of aliphatic hydroxyl groups is 1. The van der Waals surface area contributed by atoms with Gasteiger partial charge < -0.3 is 9.84 Å². The van der Waals surface area contributed by atoms with Crippen LogP contribution in [0.5, 0.6) is 0 Å². The lowest BCUT2D eigenvalue weighted by Gasteiger charge is -2.34. The molecule has 1 N–H and O–H groups in total. The molecule has 1 aliphatic heterocycles. The Labute approximate surface area is 112 Å². The SMILES string of the molecule is C=C[C@@H](O)C(C)(F)C(=O)N1C(=O)OC[C@H]1C(C)(C)C. The summed E-state index contributed by atoms with van der Waals surface area (Å²) in [4.78, 5) is 24.6. The number of hydrogen-bond acceptors (Lipinski definition) is 4. The molecule has 0 aliphatic carbocycles. The third kappa shape index (κ3) is 2.78. The number of cyclic esters (lactones) is 1. The van der Waals surface area contributed by atoms with Crippen LogP contribution in [-0.2, 0) is 9.53 Å². The molecule has 3 atom stereocenters. The van der Waals surface area contributed by atoms with Crippen molar-refractivity contribution in [2.75, 3.05) is 6.61 Å². The van der Waals surface area contributed by atoms with Crippen LogP contribution in [0.15, 0.2) is 12.7 Å². The normalized spacial score (nSPS) is 24.6. The minimum absolute atomic E-state index is 0.0222. The Kier molecular flexibility index (Phi) is 4.05. The van der Waals surface area contributed by atoms with Gasteiger partial charge in [-0.25, -0.2) is 14.1 Å². The minimum Gasteiger partial charge on any atom is -0.447 e. The van der Waals surface area contributed by atoms with Crippen LogP contribution in [0.3, 0.4) is 0 Å². The zero-order valence-corrected chi connectivity index (χ0v) is 11.6. The highest BCUT2D eigenvalue weighted by Crippen LogP contribution is 2.32. The maximum atomic E-state index is 14.3. The van der Waals surface area contributed by atoms with Gasteiger partial charge in [-0.15, -0.1) is 6.58 Å². The monoisotopic (exact) mass is 273 g/mol. The highest BCUT2D eigenvalue weighted by Gasteiger charge is 2.52. The van der Waals surface area contributed by atoms with Crippen LogP contribution in [0.4, 0.5) is 9.18 Å². The Hall–Kier alpha value is -1.43. The second-order valence-corrected chi connectivity index (χ2v) is 5.89. The van der Waals surface area contributed by atoms with E-state index >= 15 is 0 Å². The molecule has 2 amide bonds. The number of alkyl halides is 1. The van der Waals surface area contributed by atoms with Gasteiger partial charge in [0.2, 0.25) is 5.67 Å². The van der Waals surface area contributed by atoms with Crippen molar-refractivity contribution in [1.82, 2.24) is 4.90 Å². The van der Waals surface area contributed by atoms with Crippen molar-refractivity contribution in [2.45, 2.75) is 45.5 Å². The quantitative estimate of drug-likeness (QED) is 0.794. The topological polar surface area (TPSA) is 66.8 Å². The predicted octanol–water partition coefficient (Wildman–Crippen LogP) is 1.66. The van der Waals surface area contributed by atoms with E-state index in [0.29, 0.717) is 0 Å². The number of rotatable bonds is 3. The van der Waals surface area contributed by atoms with Crippen LogP contribution in [-0.4, -0.2) is 46.4 Å². The molecule has 0 spiro atoms. The van der Waals surface area contributed by atoms with E-state index in [-0.39, 0.29) is 6.61 Å². The van der Waals surface area contributed by atoms with Crippen LogP contribution in [0.2, 0.25) is 0 Å². The van der Waals surface area contributed by atoms with Crippen LogP contribution in [0.25, 0.3) is 0 Å². The van der Waals surface area contributed by atoms with E-state index in [1.165, 1.54) is 0 Å². The molecule has 5 nitrogen and oxygen atoms in total. The maximum absolute atomic E-state index is 14.3. The zero-order chi connectivity index (χ0) is 15.0. The summed E-state index contributed by atoms with van der Waals surface area (Å²) in [6.45, 7) is 9.65. The molecule has 0 aromatic heterocycles. The zero-order valence-electron chi connectivity index (χ0n) is 11.6. The Balaban J connectivity index is 3.09. The molecule has 0 radical (unpaired) electrons. The molecule has 19 heavy (non-hydrogen) atoms. The van der Waals surface area contributed by atoms with E-state index in [1.54, 1.807) is 0 Å². The smallest absolute Gasteiger partial charge is 0.417 e. The molecular formula is C13H20FNO4. The number of amides is 2. The van der Waals surface area contributed by atoms with Gasteiger partial charge in [-0.05, 0) is 12.3 Å². The molecule has 1 heterocycles. The molecule has 1 aliphatic rings. The van der Waals surface area contributed by atoms with Crippen molar-refractivity contribution >= 4 is 12.0 Å². The first-order chi connectivity index (χ1) is 8.53. The average Bonchev–Trinajstić information content (AvgIpc) is 2.68. The molecule has 0 aromatic carbocycles. The molecule has 1 fully saturated rings. The van der Waals surface area contributed by atoms with Gasteiger partial charge in [0.25, 0.3) is 5.91 Å². The summed E-state index contributed by atoms with van der Waals surface area (Å²) in [7, 11) is 0. The first-order valence-corrected chi connectivity index (χ1v) is 6.03. The molecule has 1 rings (SSSR count). The summed E-state index contributed by atoms with van der Waals surface area (Å²) in [6.07, 6.45) is -1.65. The molecule has 0 saturated carbocycles. The fraction of sp³-hybridized carbons (Fsp3) is 0.692. The number of carbonyl (C=O) groups is 2. The third-order valence-electron chi connectivity index (χ3n) is 3.29. The lowest BCUT2D eigenvalue weighted by atomic mass is 9.85. The number of nitrogens with zero attached hydrogens (tertiary/aromatic N) is 1. The highest BCUT2D eigenvalue weighted by atomic mass is 19.1. The largest absolute Gasteiger partial charge is 0.447 e. The summed E-state index contributed by atoms with van der Waals surface area (Å²) >= 11 is 0. The van der Waals surface area contributed by atoms with Crippen LogP contribution < -0.4 is 0 Å². The van der Waals surface area contributed by atoms with E-state index < -0.39 is 35.2 Å². The van der Waals surface area contributed by atoms with Crippen molar-refractivity contribution in [2.24, 2.45) is 5.41 Å². The second-order valence-electron chi connectivity index (χ2n) is 5.89. The van der Waals surface area contributed by atoms with Gasteiger partial charge in [0.05, 0.1) is 6.04 Å². The van der Waals surface area contributed by atoms with E-state index in [1.807, 2.05) is 20.8 Å². The highest BCUT2D eigenvalue weighted by molar-refractivity contribution is 5.98. The molecule has 108 valence electrons. The van der Waals surface area contributed by atoms with Gasteiger partial charge in [-0.3, -0.25) is 4.79 Å². The third-order valence-corrected chi connectivity index (χ3v) is 3.29. The average molecular weight is 273 g/mol. The van der Waals surface area contributed by atoms with Crippen LogP contribution >= 0.6 is 0 Å². The number of aliphatic hydroxyl groups excluding tert-OH is 1. The lowest BCUT2D eigenvalue weighted by Crippen LogP contribution is -2.56. The fourth-order valence-corrected chi connectivity index (χ4v) is 1.87. The van der Waals surface area contributed by atoms with Gasteiger partial charge in [-0.2, -0.15) is 0 Å². The van der Waals surface area contributed by atoms with Crippen molar-refractivity contribution in [3.8, 4) is 0 Å². The lowest BCUT2D eigenvalue weighted by molar-refractivity contribution is -0.147. The molecule has 0 bridgehead atoms. The van der Waals surface area contributed by atoms with Crippen molar-refractivity contribution in [3.63, 3.8) is 0 Å². The Morgan fingerprint density at radius 2 is 2.11 bits per heavy atom. The Morgan fingerprint density at radius 3 is 2.53 bits per heavy atom. The summed E-state index contributed by atoms with van der Waals surface area (Å²) < 4.78 is 19.2. The summed E-state index contributed by atoms with van der Waals surface area (Å²) in [5, 5.41) is 9.50. The predicted molar refractivity (Wildman–Crippen MR) is 67.2 cm³/mol. The molecule has 0 aromatic rings. The van der Waals surface area contributed by atoms with E-state index in [9.17, 15) is 19.1 Å². The standard InChI is InChI=1S/C13H20FNO4/c1-6-9(16)13(5,14)10(17)15-8(12(2,3)4)7-19-11(15)18/h6,8-9,16H,1,7H2,2-5H3/t8-,9+,13?/m0/s1. The van der Waals surface area contributed by atoms with Gasteiger partial charge in [0.1, 0.15) is 12.7 Å². The maximum Gasteiger partial charge on any atom is 0.417 e. The second kappa shape index (κ2) is 4.92.